The number of carboxylic acid groups (broad SMARTS) is 1. The molecule has 0 fully saturated rings. The number of hydrogen-bond acceptors (Lipinski definition) is 5. The van der Waals surface area contributed by atoms with Crippen LogP contribution >= 0.6 is 0 Å². The zero-order valence-corrected chi connectivity index (χ0v) is 10.4. The van der Waals surface area contributed by atoms with Gasteiger partial charge in [-0.3, -0.25) is 10.1 Å². The summed E-state index contributed by atoms with van der Waals surface area (Å²) in [5.74, 6) is -1.39. The van der Waals surface area contributed by atoms with Gasteiger partial charge >= 0.3 is 5.97 Å². The number of sulfone groups is 1. The zero-order valence-electron chi connectivity index (χ0n) is 9.57. The van der Waals surface area contributed by atoms with E-state index in [1.165, 1.54) is 4.57 Å². The molecule has 0 saturated carbocycles. The first kappa shape index (κ1) is 14.2. The smallest absolute Gasteiger partial charge is 0.352 e. The number of nitrogens with zero attached hydrogens (tertiary/aromatic N) is 2. The minimum Gasteiger partial charge on any atom is -0.477 e. The monoisotopic (exact) mass is 276 g/mol. The summed E-state index contributed by atoms with van der Waals surface area (Å²) >= 11 is 0. The lowest BCUT2D eigenvalue weighted by Gasteiger charge is -2.04. The molecule has 1 N–H and O–H groups in total. The molecule has 1 rings (SSSR count). The highest BCUT2D eigenvalue weighted by Crippen LogP contribution is 2.17. The van der Waals surface area contributed by atoms with Crippen molar-refractivity contribution < 1.29 is 23.2 Å². The first-order valence-electron chi connectivity index (χ1n) is 4.96. The van der Waals surface area contributed by atoms with E-state index in [2.05, 4.69) is 0 Å². The maximum atomic E-state index is 10.9. The highest BCUT2D eigenvalue weighted by Gasteiger charge is 2.18. The second kappa shape index (κ2) is 5.17. The normalized spacial score (nSPS) is 11.4. The lowest BCUT2D eigenvalue weighted by Crippen LogP contribution is -2.11. The molecule has 0 aromatic carbocycles. The molecule has 0 aliphatic carbocycles. The van der Waals surface area contributed by atoms with Crippen LogP contribution in [0.25, 0.3) is 0 Å². The Morgan fingerprint density at radius 1 is 1.56 bits per heavy atom. The van der Waals surface area contributed by atoms with Crippen LogP contribution in [0.5, 0.6) is 0 Å². The Morgan fingerprint density at radius 3 is 2.61 bits per heavy atom. The van der Waals surface area contributed by atoms with Crippen LogP contribution in [0, 0.1) is 10.1 Å². The predicted octanol–water partition coefficient (Wildman–Crippen LogP) is 0.529. The van der Waals surface area contributed by atoms with Gasteiger partial charge in [-0.05, 0) is 6.42 Å². The number of carbonyl (C=O) groups is 1. The molecule has 0 amide bonds. The van der Waals surface area contributed by atoms with E-state index in [4.69, 9.17) is 5.11 Å². The van der Waals surface area contributed by atoms with Crippen LogP contribution in [0.1, 0.15) is 16.9 Å². The summed E-state index contributed by atoms with van der Waals surface area (Å²) in [6.45, 7) is 0.0997. The Bertz CT molecular complexity index is 574. The van der Waals surface area contributed by atoms with Crippen LogP contribution in [0.3, 0.4) is 0 Å². The third kappa shape index (κ3) is 3.84. The van der Waals surface area contributed by atoms with Gasteiger partial charge in [-0.1, -0.05) is 0 Å². The Kier molecular flexibility index (Phi) is 4.07. The number of carboxylic acids is 1. The van der Waals surface area contributed by atoms with Gasteiger partial charge in [-0.2, -0.15) is 0 Å². The van der Waals surface area contributed by atoms with Crippen molar-refractivity contribution in [3.63, 3.8) is 0 Å². The largest absolute Gasteiger partial charge is 0.477 e. The first-order chi connectivity index (χ1) is 8.20. The number of nitro groups is 1. The van der Waals surface area contributed by atoms with Crippen LogP contribution in [-0.4, -0.2) is 41.0 Å². The van der Waals surface area contributed by atoms with E-state index in [1.54, 1.807) is 0 Å². The molecule has 18 heavy (non-hydrogen) atoms. The van der Waals surface area contributed by atoms with Gasteiger partial charge in [0.15, 0.2) is 0 Å². The van der Waals surface area contributed by atoms with E-state index in [0.717, 1.165) is 18.5 Å². The molecular weight excluding hydrogens is 264 g/mol. The van der Waals surface area contributed by atoms with E-state index in [1.807, 2.05) is 0 Å². The highest BCUT2D eigenvalue weighted by atomic mass is 32.2. The minimum atomic E-state index is -3.13. The molecule has 0 saturated heterocycles. The van der Waals surface area contributed by atoms with E-state index in [-0.39, 0.29) is 30.1 Å². The van der Waals surface area contributed by atoms with E-state index in [9.17, 15) is 23.3 Å². The van der Waals surface area contributed by atoms with Crippen molar-refractivity contribution in [2.45, 2.75) is 13.0 Å². The fourth-order valence-corrected chi connectivity index (χ4v) is 2.11. The average molecular weight is 276 g/mol. The van der Waals surface area contributed by atoms with Gasteiger partial charge in [0, 0.05) is 18.9 Å². The number of aromatic nitrogens is 1. The van der Waals surface area contributed by atoms with Crippen LogP contribution in [-0.2, 0) is 16.4 Å². The van der Waals surface area contributed by atoms with Crippen LogP contribution in [0.2, 0.25) is 0 Å². The van der Waals surface area contributed by atoms with E-state index in [0.29, 0.717) is 0 Å². The number of aromatic carboxylic acids is 1. The summed E-state index contributed by atoms with van der Waals surface area (Å²) in [7, 11) is -3.13. The van der Waals surface area contributed by atoms with Gasteiger partial charge in [0.05, 0.1) is 16.9 Å². The topological polar surface area (TPSA) is 120 Å². The fourth-order valence-electron chi connectivity index (χ4n) is 1.46. The Hall–Kier alpha value is -1.90. The summed E-state index contributed by atoms with van der Waals surface area (Å²) in [5, 5.41) is 19.4. The quantitative estimate of drug-likeness (QED) is 0.597. The van der Waals surface area contributed by atoms with Crippen molar-refractivity contribution in [1.82, 2.24) is 4.57 Å². The van der Waals surface area contributed by atoms with Crippen molar-refractivity contribution in [3.8, 4) is 0 Å². The number of hydrogen-bond donors (Lipinski definition) is 1. The molecule has 9 heteroatoms. The van der Waals surface area contributed by atoms with Crippen LogP contribution in [0.4, 0.5) is 5.69 Å². The summed E-state index contributed by atoms with van der Waals surface area (Å²) in [5.41, 5.74) is -0.554. The third-order valence-corrected chi connectivity index (χ3v) is 3.26. The summed E-state index contributed by atoms with van der Waals surface area (Å²) in [4.78, 5) is 20.7. The van der Waals surface area contributed by atoms with Crippen molar-refractivity contribution in [3.05, 3.63) is 28.1 Å². The highest BCUT2D eigenvalue weighted by molar-refractivity contribution is 7.90. The van der Waals surface area contributed by atoms with Crippen molar-refractivity contribution in [2.75, 3.05) is 12.0 Å². The van der Waals surface area contributed by atoms with Crippen molar-refractivity contribution in [1.29, 1.82) is 0 Å². The SMILES string of the molecule is CS(=O)(=O)CCCn1cc([N+](=O)[O-])cc1C(=O)O. The molecule has 0 atom stereocenters. The van der Waals surface area contributed by atoms with Crippen molar-refractivity contribution in [2.24, 2.45) is 0 Å². The number of rotatable bonds is 6. The zero-order chi connectivity index (χ0) is 13.9. The van der Waals surface area contributed by atoms with Gasteiger partial charge in [0.2, 0.25) is 0 Å². The van der Waals surface area contributed by atoms with Crippen LogP contribution in [0.15, 0.2) is 12.3 Å². The Morgan fingerprint density at radius 2 is 2.17 bits per heavy atom. The first-order valence-corrected chi connectivity index (χ1v) is 7.02. The third-order valence-electron chi connectivity index (χ3n) is 2.23. The van der Waals surface area contributed by atoms with Gasteiger partial charge in [-0.15, -0.1) is 0 Å². The molecule has 1 aromatic heterocycles. The number of aryl methyl sites for hydroxylation is 1. The molecule has 0 spiro atoms. The average Bonchev–Trinajstić information content (AvgIpc) is 2.59. The summed E-state index contributed by atoms with van der Waals surface area (Å²) in [6, 6.07) is 0.947. The van der Waals surface area contributed by atoms with Crippen molar-refractivity contribution >= 4 is 21.5 Å². The van der Waals surface area contributed by atoms with E-state index >= 15 is 0 Å². The Balaban J connectivity index is 2.87. The molecule has 1 aromatic rings. The molecular formula is C9H12N2O6S. The standard InChI is InChI=1S/C9H12N2O6S/c1-18(16,17)4-2-3-10-6-7(11(14)15)5-8(10)9(12)13/h5-6H,2-4H2,1H3,(H,12,13). The van der Waals surface area contributed by atoms with E-state index < -0.39 is 20.7 Å². The molecule has 0 aliphatic rings. The summed E-state index contributed by atoms with van der Waals surface area (Å²) < 4.78 is 23.0. The maximum Gasteiger partial charge on any atom is 0.352 e. The molecule has 0 radical (unpaired) electrons. The minimum absolute atomic E-state index is 0.0992. The lowest BCUT2D eigenvalue weighted by atomic mass is 10.4. The van der Waals surface area contributed by atoms with Gasteiger partial charge in [0.25, 0.3) is 5.69 Å². The molecule has 100 valence electrons. The maximum absolute atomic E-state index is 10.9. The van der Waals surface area contributed by atoms with Gasteiger partial charge < -0.3 is 9.67 Å². The fraction of sp³-hybridized carbons (Fsp3) is 0.444. The molecule has 0 unspecified atom stereocenters. The molecule has 1 heterocycles. The van der Waals surface area contributed by atoms with Crippen LogP contribution < -0.4 is 0 Å². The predicted molar refractivity (Wildman–Crippen MR) is 62.4 cm³/mol. The van der Waals surface area contributed by atoms with Gasteiger partial charge in [0.1, 0.15) is 15.5 Å². The molecule has 8 nitrogen and oxygen atoms in total. The second-order valence-electron chi connectivity index (χ2n) is 3.82. The lowest BCUT2D eigenvalue weighted by molar-refractivity contribution is -0.384. The Labute approximate surface area is 103 Å². The summed E-state index contributed by atoms with van der Waals surface area (Å²) in [6.07, 6.45) is 2.36. The van der Waals surface area contributed by atoms with Gasteiger partial charge in [-0.25, -0.2) is 13.2 Å². The molecule has 0 aliphatic heterocycles. The molecule has 0 bridgehead atoms. The second-order valence-corrected chi connectivity index (χ2v) is 6.08.